The van der Waals surface area contributed by atoms with Crippen molar-refractivity contribution in [2.24, 2.45) is 0 Å². The fourth-order valence-electron chi connectivity index (χ4n) is 19.3. The largest absolute Gasteiger partial charge is 0.435 e. The van der Waals surface area contributed by atoms with E-state index in [0.29, 0.717) is 20.2 Å². The molecule has 0 spiro atoms. The molecule has 0 fully saturated rings. The first-order valence-corrected chi connectivity index (χ1v) is 34.9. The highest BCUT2D eigenvalue weighted by atomic mass is 16.5. The number of hydrogen-bond donors (Lipinski definition) is 0. The quantitative estimate of drug-likeness (QED) is 0.0863. The Morgan fingerprint density at radius 3 is 1.20 bits per heavy atom. The minimum absolute atomic E-state index is 0. The third-order valence-corrected chi connectivity index (χ3v) is 23.7. The number of rotatable bonds is 0. The van der Waals surface area contributed by atoms with E-state index >= 15 is 0 Å². The van der Waals surface area contributed by atoms with Crippen molar-refractivity contribution in [2.75, 3.05) is 0 Å². The van der Waals surface area contributed by atoms with Crippen LogP contribution in [-0.4, -0.2) is 0 Å². The summed E-state index contributed by atoms with van der Waals surface area (Å²) in [7, 11) is 0. The maximum Gasteiger partial charge on any atom is 0.293 e. The molecule has 0 bridgehead atoms. The molecule has 3 aliphatic carbocycles. The number of hydrogen-bond acceptors (Lipinski definition) is 3. The molecule has 0 amide bonds. The maximum absolute atomic E-state index is 6.50. The first kappa shape index (κ1) is 61.4. The summed E-state index contributed by atoms with van der Waals surface area (Å²) in [5, 5.41) is 28.6. The summed E-state index contributed by atoms with van der Waals surface area (Å²) in [4.78, 5) is 0. The summed E-state index contributed by atoms with van der Waals surface area (Å²) in [6, 6.07) is 91.1. The molecule has 102 heavy (non-hydrogen) atoms. The van der Waals surface area contributed by atoms with E-state index in [-0.39, 0.29) is 38.5 Å². The Hall–Kier alpha value is -11.7. The zero-order chi connectivity index (χ0) is 65.7. The second-order valence-electron chi connectivity index (χ2n) is 29.9. The lowest BCUT2D eigenvalue weighted by molar-refractivity contribution is -0.716. The second-order valence-corrected chi connectivity index (χ2v) is 29.9. The molecule has 3 aliphatic heterocycles. The van der Waals surface area contributed by atoms with Gasteiger partial charge in [-0.3, -0.25) is 0 Å². The van der Waals surface area contributed by atoms with Gasteiger partial charge in [0.1, 0.15) is 17.2 Å². The Bertz CT molecular complexity index is 6820. The van der Waals surface area contributed by atoms with Crippen molar-refractivity contribution in [3.05, 3.63) is 288 Å². The van der Waals surface area contributed by atoms with Gasteiger partial charge in [-0.2, -0.15) is 13.7 Å². The van der Waals surface area contributed by atoms with Gasteiger partial charge in [0.2, 0.25) is 28.1 Å². The molecule has 6 heterocycles. The van der Waals surface area contributed by atoms with Crippen molar-refractivity contribution in [1.82, 2.24) is 0 Å². The summed E-state index contributed by atoms with van der Waals surface area (Å²) < 4.78 is 26.5. The van der Waals surface area contributed by atoms with Gasteiger partial charge >= 0.3 is 0 Å². The summed E-state index contributed by atoms with van der Waals surface area (Å²) in [6.07, 6.45) is 2.28. The van der Waals surface area contributed by atoms with Gasteiger partial charge in [0.05, 0.1) is 27.5 Å². The van der Waals surface area contributed by atoms with Crippen molar-refractivity contribution >= 4 is 130 Å². The minimum atomic E-state index is -0.152. The highest BCUT2D eigenvalue weighted by molar-refractivity contribution is 6.18. The summed E-state index contributed by atoms with van der Waals surface area (Å²) >= 11 is 0. The third kappa shape index (κ3) is 7.98. The standard InChI is InChI=1S/3C31H22NO.3CH4/c1-31(2)24-15-21-14-12-19-8-4-6-10-23(19)29(21)32-17-33-25-16-20-13-11-18-7-3-5-9-22(18)26(20)28(31)27(25)30(24)32;1-31(2)24-16-23-21-9-5-3-7-18(21)13-14-25(23)32-17-33-26-15-20-12-11-19-8-4-6-10-22(19)27(20)29(31)28(26)30(24)32;1-31(2)28-24-14-20-9-4-3-8-19(20)13-22(24)16-32-17-33-25-15-21-12-11-18-7-5-6-10-23(18)26(21)29(31)27(25)30(28)32;;;/h3*3-16H,17H2,1-2H3;3*1H4/q3*+1;;;. The first-order valence-electron chi connectivity index (χ1n) is 34.9. The Labute approximate surface area is 593 Å². The molecule has 6 nitrogen and oxygen atoms in total. The molecule has 0 saturated carbocycles. The number of aromatic nitrogens is 3. The Morgan fingerprint density at radius 1 is 0.275 bits per heavy atom. The van der Waals surface area contributed by atoms with Crippen molar-refractivity contribution in [1.29, 1.82) is 0 Å². The van der Waals surface area contributed by atoms with E-state index in [1.54, 1.807) is 0 Å². The van der Waals surface area contributed by atoms with Gasteiger partial charge in [0.15, 0.2) is 6.20 Å². The lowest BCUT2D eigenvalue weighted by Crippen LogP contribution is -2.43. The lowest BCUT2D eigenvalue weighted by atomic mass is 9.77. The molecule has 24 rings (SSSR count). The maximum atomic E-state index is 6.50. The second kappa shape index (κ2) is 21.4. The van der Waals surface area contributed by atoms with Crippen LogP contribution >= 0.6 is 0 Å². The van der Waals surface area contributed by atoms with Gasteiger partial charge in [-0.25, -0.2) is 0 Å². The average Bonchev–Trinajstić information content (AvgIpc) is 1.53. The summed E-state index contributed by atoms with van der Waals surface area (Å²) in [6.45, 7) is 15.9. The molecular weight excluding hydrogens is 1240 g/mol. The van der Waals surface area contributed by atoms with E-state index in [9.17, 15) is 0 Å². The van der Waals surface area contributed by atoms with Gasteiger partial charge < -0.3 is 14.2 Å². The molecular formula is C96H78N3O3+3. The van der Waals surface area contributed by atoms with E-state index < -0.39 is 0 Å². The third-order valence-electron chi connectivity index (χ3n) is 23.7. The van der Waals surface area contributed by atoms with E-state index in [1.165, 1.54) is 197 Å². The molecule has 0 atom stereocenters. The lowest BCUT2D eigenvalue weighted by Gasteiger charge is -2.24. The topological polar surface area (TPSA) is 39.3 Å². The van der Waals surface area contributed by atoms with Crippen LogP contribution in [-0.2, 0) is 36.4 Å². The number of ether oxygens (including phenoxy) is 3. The molecule has 0 radical (unpaired) electrons. The van der Waals surface area contributed by atoms with Crippen LogP contribution in [0.25, 0.3) is 163 Å². The SMILES string of the molecule is C.C.C.CC1(C)c2c3[n+](cc4cc5ccccc5cc24)COc2cc4ccc5ccccc5c4c1c2-3.CC1(C)c2cc3c4ccccc4ccc3[n+]3c2-c2c(cc4ccc5ccccc5c4c21)OC3.CC1(C)c2cc3ccc4ccccc4c3[n+]3c2-c2c(cc4ccc5ccccc5c4c21)OC3. The van der Waals surface area contributed by atoms with Crippen LogP contribution in [0.15, 0.2) is 255 Å². The van der Waals surface area contributed by atoms with Gasteiger partial charge in [-0.05, 0) is 174 Å². The smallest absolute Gasteiger partial charge is 0.293 e. The summed E-state index contributed by atoms with van der Waals surface area (Å²) in [5.74, 6) is 3.04. The summed E-state index contributed by atoms with van der Waals surface area (Å²) in [5.41, 5.74) is 18.3. The number of benzene rings is 15. The monoisotopic (exact) mass is 1320 g/mol. The Balaban J connectivity index is 0.000000104. The van der Waals surface area contributed by atoms with Crippen molar-refractivity contribution in [2.45, 2.75) is 100 Å². The van der Waals surface area contributed by atoms with Crippen LogP contribution in [0, 0.1) is 0 Å². The molecule has 0 N–H and O–H groups in total. The fourth-order valence-corrected chi connectivity index (χ4v) is 19.3. The molecule has 6 heteroatoms. The molecule has 492 valence electrons. The predicted molar refractivity (Wildman–Crippen MR) is 425 cm³/mol. The molecule has 18 aromatic rings. The number of pyridine rings is 3. The molecule has 3 aromatic heterocycles. The van der Waals surface area contributed by atoms with Gasteiger partial charge in [-0.1, -0.05) is 246 Å². The normalized spacial score (nSPS) is 14.9. The average molecular weight is 1320 g/mol. The van der Waals surface area contributed by atoms with Crippen LogP contribution in [0.3, 0.4) is 0 Å². The molecule has 6 aliphatic rings. The highest BCUT2D eigenvalue weighted by Crippen LogP contribution is 2.61. The van der Waals surface area contributed by atoms with Crippen LogP contribution < -0.4 is 27.9 Å². The van der Waals surface area contributed by atoms with Gasteiger partial charge in [0, 0.05) is 49.8 Å². The molecule has 0 saturated heterocycles. The Morgan fingerprint density at radius 2 is 0.657 bits per heavy atom. The zero-order valence-corrected chi connectivity index (χ0v) is 55.9. The number of fused-ring (bicyclic) bond motifs is 23. The first-order chi connectivity index (χ1) is 48.4. The van der Waals surface area contributed by atoms with E-state index in [1.807, 2.05) is 0 Å². The van der Waals surface area contributed by atoms with Crippen molar-refractivity contribution < 1.29 is 27.9 Å². The van der Waals surface area contributed by atoms with E-state index in [4.69, 9.17) is 14.2 Å². The van der Waals surface area contributed by atoms with E-state index in [0.717, 1.165) is 17.2 Å². The highest BCUT2D eigenvalue weighted by Gasteiger charge is 2.51. The van der Waals surface area contributed by atoms with Crippen molar-refractivity contribution in [3.63, 3.8) is 0 Å². The molecule has 0 unspecified atom stereocenters. The van der Waals surface area contributed by atoms with E-state index in [2.05, 4.69) is 310 Å². The molecule has 15 aromatic carbocycles. The predicted octanol–water partition coefficient (Wildman–Crippen LogP) is 23.6. The van der Waals surface area contributed by atoms with Crippen LogP contribution in [0.2, 0.25) is 0 Å². The fraction of sp³-hybridized carbons (Fsp3) is 0.156. The van der Waals surface area contributed by atoms with Gasteiger partial charge in [0.25, 0.3) is 20.2 Å². The van der Waals surface area contributed by atoms with Crippen LogP contribution in [0.4, 0.5) is 0 Å². The number of nitrogens with zero attached hydrogens (tertiary/aromatic N) is 3. The van der Waals surface area contributed by atoms with Crippen LogP contribution in [0.1, 0.15) is 97.2 Å². The van der Waals surface area contributed by atoms with Gasteiger partial charge in [-0.15, -0.1) is 0 Å². The minimum Gasteiger partial charge on any atom is -0.435 e. The van der Waals surface area contributed by atoms with Crippen LogP contribution in [0.5, 0.6) is 17.2 Å². The zero-order valence-electron chi connectivity index (χ0n) is 55.9. The van der Waals surface area contributed by atoms with Crippen molar-refractivity contribution in [3.8, 4) is 51.0 Å². The Kier molecular flexibility index (Phi) is 12.9.